The van der Waals surface area contributed by atoms with Gasteiger partial charge in [-0.2, -0.15) is 0 Å². The van der Waals surface area contributed by atoms with Gasteiger partial charge < -0.3 is 4.57 Å². The van der Waals surface area contributed by atoms with Crippen molar-refractivity contribution in [1.82, 2.24) is 19.1 Å². The molecule has 9 aromatic carbocycles. The third kappa shape index (κ3) is 4.71. The standard InChI is InChI=1S/C54H32N4S/c1-3-16-34(17-4-1)53-55-44-24-12-9-22-39(44)54(56-53)58-46-29-28-35(31-43(46)49-37-20-8-7-15-33(37)27-30-47(49)58)41-32-42-38-21-10-13-25-45(38)57(36-18-5-2-6-19-36)51(42)50-40-23-11-14-26-48(40)59-52(41)50/h1-32H. The van der Waals surface area contributed by atoms with E-state index in [0.717, 1.165) is 39.0 Å². The number of nitrogens with zero attached hydrogens (tertiary/aromatic N) is 4. The molecular formula is C54H32N4S. The van der Waals surface area contributed by atoms with Crippen LogP contribution >= 0.6 is 11.3 Å². The van der Waals surface area contributed by atoms with Gasteiger partial charge in [0.25, 0.3) is 0 Å². The molecule has 274 valence electrons. The van der Waals surface area contributed by atoms with E-state index in [2.05, 4.69) is 185 Å². The number of fused-ring (bicyclic) bond motifs is 13. The van der Waals surface area contributed by atoms with Crippen LogP contribution in [0.5, 0.6) is 0 Å². The minimum absolute atomic E-state index is 0.710. The van der Waals surface area contributed by atoms with Crippen molar-refractivity contribution in [3.8, 4) is 34.0 Å². The summed E-state index contributed by atoms with van der Waals surface area (Å²) in [4.78, 5) is 10.5. The summed E-state index contributed by atoms with van der Waals surface area (Å²) in [6, 6.07) is 70.0. The van der Waals surface area contributed by atoms with Crippen molar-refractivity contribution in [2.45, 2.75) is 0 Å². The lowest BCUT2D eigenvalue weighted by Crippen LogP contribution is -2.02. The van der Waals surface area contributed by atoms with Crippen LogP contribution in [0.2, 0.25) is 0 Å². The van der Waals surface area contributed by atoms with Gasteiger partial charge in [-0.3, -0.25) is 4.57 Å². The van der Waals surface area contributed by atoms with Crippen molar-refractivity contribution in [2.75, 3.05) is 0 Å². The van der Waals surface area contributed by atoms with Crippen molar-refractivity contribution in [3.63, 3.8) is 0 Å². The summed E-state index contributed by atoms with van der Waals surface area (Å²) in [7, 11) is 0. The monoisotopic (exact) mass is 768 g/mol. The Kier molecular flexibility index (Phi) is 6.85. The third-order valence-electron chi connectivity index (χ3n) is 12.1. The number of benzene rings is 9. The van der Waals surface area contributed by atoms with Crippen molar-refractivity contribution < 1.29 is 0 Å². The van der Waals surface area contributed by atoms with Gasteiger partial charge in [-0.25, -0.2) is 9.97 Å². The van der Waals surface area contributed by atoms with Crippen LogP contribution in [0, 0.1) is 0 Å². The first-order valence-electron chi connectivity index (χ1n) is 20.0. The first-order valence-corrected chi connectivity index (χ1v) is 20.8. The fourth-order valence-electron chi connectivity index (χ4n) is 9.53. The van der Waals surface area contributed by atoms with Crippen molar-refractivity contribution >= 4 is 96.8 Å². The van der Waals surface area contributed by atoms with Crippen molar-refractivity contribution in [3.05, 3.63) is 194 Å². The summed E-state index contributed by atoms with van der Waals surface area (Å²) >= 11 is 1.89. The normalized spacial score (nSPS) is 12.1. The molecule has 0 N–H and O–H groups in total. The van der Waals surface area contributed by atoms with E-state index in [0.29, 0.717) is 5.82 Å². The molecule has 0 aliphatic carbocycles. The molecule has 0 fully saturated rings. The Labute approximate surface area is 342 Å². The molecular weight excluding hydrogens is 737 g/mol. The molecule has 5 heteroatoms. The summed E-state index contributed by atoms with van der Waals surface area (Å²) < 4.78 is 7.41. The second-order valence-electron chi connectivity index (χ2n) is 15.3. The van der Waals surface area contributed by atoms with E-state index >= 15 is 0 Å². The summed E-state index contributed by atoms with van der Waals surface area (Å²) in [5.74, 6) is 1.58. The smallest absolute Gasteiger partial charge is 0.162 e. The Hall–Kier alpha value is -7.60. The van der Waals surface area contributed by atoms with E-state index in [4.69, 9.17) is 9.97 Å². The topological polar surface area (TPSA) is 35.6 Å². The van der Waals surface area contributed by atoms with Crippen LogP contribution in [-0.2, 0) is 0 Å². The molecule has 0 aliphatic heterocycles. The van der Waals surface area contributed by atoms with Gasteiger partial charge in [0, 0.05) is 63.9 Å². The molecule has 0 atom stereocenters. The highest BCUT2D eigenvalue weighted by molar-refractivity contribution is 7.26. The van der Waals surface area contributed by atoms with E-state index in [1.807, 2.05) is 29.5 Å². The maximum absolute atomic E-state index is 5.38. The fourth-order valence-corrected chi connectivity index (χ4v) is 10.8. The maximum Gasteiger partial charge on any atom is 0.162 e. The molecule has 4 aromatic heterocycles. The molecule has 59 heavy (non-hydrogen) atoms. The molecule has 0 saturated carbocycles. The number of hydrogen-bond acceptors (Lipinski definition) is 3. The van der Waals surface area contributed by atoms with Crippen LogP contribution < -0.4 is 0 Å². The number of hydrogen-bond donors (Lipinski definition) is 0. The van der Waals surface area contributed by atoms with Gasteiger partial charge >= 0.3 is 0 Å². The lowest BCUT2D eigenvalue weighted by Gasteiger charge is -2.13. The Morgan fingerprint density at radius 1 is 0.407 bits per heavy atom. The Morgan fingerprint density at radius 2 is 1.08 bits per heavy atom. The van der Waals surface area contributed by atoms with Crippen LogP contribution in [-0.4, -0.2) is 19.1 Å². The quantitative estimate of drug-likeness (QED) is 0.179. The van der Waals surface area contributed by atoms with E-state index in [9.17, 15) is 0 Å². The summed E-state index contributed by atoms with van der Waals surface area (Å²) in [6.07, 6.45) is 0. The number of para-hydroxylation sites is 3. The molecule has 0 spiro atoms. The number of rotatable bonds is 4. The second kappa shape index (κ2) is 12.4. The highest BCUT2D eigenvalue weighted by Gasteiger charge is 2.24. The Bertz CT molecular complexity index is 3840. The molecule has 4 heterocycles. The lowest BCUT2D eigenvalue weighted by molar-refractivity contribution is 1.08. The molecule has 0 amide bonds. The molecule has 13 aromatic rings. The van der Waals surface area contributed by atoms with Gasteiger partial charge in [0.2, 0.25) is 0 Å². The second-order valence-corrected chi connectivity index (χ2v) is 16.4. The van der Waals surface area contributed by atoms with E-state index in [1.165, 1.54) is 74.6 Å². The summed E-state index contributed by atoms with van der Waals surface area (Å²) in [5, 5.41) is 10.9. The SMILES string of the molecule is c1ccc(-c2nc(-n3c4ccc(-c5cc6c7ccccc7n(-c7ccccc7)c6c6c5sc5ccccc56)cc4c4c5ccccc5ccc43)c3ccccc3n2)cc1. The molecule has 0 unspecified atom stereocenters. The van der Waals surface area contributed by atoms with Crippen molar-refractivity contribution in [1.29, 1.82) is 0 Å². The Balaban J connectivity index is 1.16. The molecule has 0 aliphatic rings. The van der Waals surface area contributed by atoms with E-state index in [1.54, 1.807) is 0 Å². The largest absolute Gasteiger partial charge is 0.309 e. The van der Waals surface area contributed by atoms with Gasteiger partial charge in [-0.1, -0.05) is 133 Å². The third-order valence-corrected chi connectivity index (χ3v) is 13.3. The highest BCUT2D eigenvalue weighted by atomic mass is 32.1. The maximum atomic E-state index is 5.38. The minimum Gasteiger partial charge on any atom is -0.309 e. The summed E-state index contributed by atoms with van der Waals surface area (Å²) in [5.41, 5.74) is 10.2. The van der Waals surface area contributed by atoms with Crippen LogP contribution in [0.15, 0.2) is 194 Å². The predicted octanol–water partition coefficient (Wildman–Crippen LogP) is 14.7. The molecule has 4 nitrogen and oxygen atoms in total. The number of aromatic nitrogens is 4. The molecule has 13 rings (SSSR count). The fraction of sp³-hybridized carbons (Fsp3) is 0. The zero-order chi connectivity index (χ0) is 38.6. The van der Waals surface area contributed by atoms with Crippen LogP contribution in [0.1, 0.15) is 0 Å². The first-order chi connectivity index (χ1) is 29.3. The predicted molar refractivity (Wildman–Crippen MR) is 249 cm³/mol. The van der Waals surface area contributed by atoms with Gasteiger partial charge in [0.05, 0.1) is 27.6 Å². The lowest BCUT2D eigenvalue weighted by atomic mass is 9.97. The highest BCUT2D eigenvalue weighted by Crippen LogP contribution is 2.48. The molecule has 0 radical (unpaired) electrons. The zero-order valence-electron chi connectivity index (χ0n) is 31.7. The van der Waals surface area contributed by atoms with Crippen LogP contribution in [0.4, 0.5) is 0 Å². The summed E-state index contributed by atoms with van der Waals surface area (Å²) in [6.45, 7) is 0. The van der Waals surface area contributed by atoms with Gasteiger partial charge in [-0.05, 0) is 77.0 Å². The zero-order valence-corrected chi connectivity index (χ0v) is 32.5. The molecule has 0 saturated heterocycles. The van der Waals surface area contributed by atoms with Gasteiger partial charge in [-0.15, -0.1) is 11.3 Å². The van der Waals surface area contributed by atoms with Gasteiger partial charge in [0.1, 0.15) is 5.82 Å². The number of thiophene rings is 1. The average Bonchev–Trinajstić information content (AvgIpc) is 3.97. The van der Waals surface area contributed by atoms with E-state index < -0.39 is 0 Å². The van der Waals surface area contributed by atoms with E-state index in [-0.39, 0.29) is 0 Å². The van der Waals surface area contributed by atoms with Crippen LogP contribution in [0.3, 0.4) is 0 Å². The van der Waals surface area contributed by atoms with Crippen LogP contribution in [0.25, 0.3) is 119 Å². The Morgan fingerprint density at radius 3 is 1.95 bits per heavy atom. The molecule has 0 bridgehead atoms. The average molecular weight is 769 g/mol. The first kappa shape index (κ1) is 32.5. The van der Waals surface area contributed by atoms with Gasteiger partial charge in [0.15, 0.2) is 5.82 Å². The van der Waals surface area contributed by atoms with Crippen molar-refractivity contribution in [2.24, 2.45) is 0 Å². The minimum atomic E-state index is 0.710.